The number of cyclic esters (lactones) is 1. The maximum atomic E-state index is 13.5. The second-order valence-electron chi connectivity index (χ2n) is 10.4. The number of carbonyl (C=O) groups excluding carboxylic acids is 1. The Kier molecular flexibility index (Phi) is 8.34. The van der Waals surface area contributed by atoms with Crippen LogP contribution in [0, 0.1) is 0 Å². The third-order valence-electron chi connectivity index (χ3n) is 7.55. The number of carbonyl (C=O) groups is 2. The molecule has 206 valence electrons. The zero-order valence-corrected chi connectivity index (χ0v) is 23.3. The average molecular weight is 531 g/mol. The normalized spacial score (nSPS) is 13.8. The molecule has 1 aliphatic heterocycles. The fraction of sp³-hybridized carbons (Fsp3) is 0.394. The molecule has 0 saturated carbocycles. The van der Waals surface area contributed by atoms with Crippen molar-refractivity contribution >= 4 is 11.9 Å². The van der Waals surface area contributed by atoms with Crippen molar-refractivity contribution in [3.05, 3.63) is 92.5 Å². The van der Waals surface area contributed by atoms with E-state index in [4.69, 9.17) is 4.74 Å². The van der Waals surface area contributed by atoms with Gasteiger partial charge in [-0.25, -0.2) is 9.59 Å². The molecule has 0 saturated heterocycles. The minimum Gasteiger partial charge on any atom is -0.507 e. The number of hydrogen-bond acceptors (Lipinski definition) is 5. The molecule has 6 heteroatoms. The van der Waals surface area contributed by atoms with Crippen molar-refractivity contribution < 1.29 is 29.6 Å². The first-order chi connectivity index (χ1) is 18.7. The van der Waals surface area contributed by atoms with Crippen LogP contribution >= 0.6 is 0 Å². The number of phenols is 2. The molecule has 0 spiro atoms. The number of aromatic hydroxyl groups is 2. The van der Waals surface area contributed by atoms with Crippen molar-refractivity contribution in [3.63, 3.8) is 0 Å². The lowest BCUT2D eigenvalue weighted by atomic mass is 9.76. The lowest BCUT2D eigenvalue weighted by Crippen LogP contribution is -2.30. The lowest BCUT2D eigenvalue weighted by Gasteiger charge is -2.32. The third kappa shape index (κ3) is 4.88. The van der Waals surface area contributed by atoms with E-state index in [9.17, 15) is 24.9 Å². The van der Waals surface area contributed by atoms with Crippen molar-refractivity contribution in [1.29, 1.82) is 0 Å². The monoisotopic (exact) mass is 530 g/mol. The number of fused-ring (bicyclic) bond motifs is 1. The van der Waals surface area contributed by atoms with Gasteiger partial charge in [0, 0.05) is 16.7 Å². The van der Waals surface area contributed by atoms with E-state index < -0.39 is 17.5 Å². The molecular formula is C33H38O6. The molecule has 3 N–H and O–H groups in total. The summed E-state index contributed by atoms with van der Waals surface area (Å²) in [6.07, 6.45) is 5.82. The molecule has 0 atom stereocenters. The molecule has 0 aliphatic carbocycles. The van der Waals surface area contributed by atoms with Crippen LogP contribution in [0.5, 0.6) is 11.5 Å². The van der Waals surface area contributed by atoms with Crippen LogP contribution in [-0.2, 0) is 36.0 Å². The molecule has 6 nitrogen and oxygen atoms in total. The van der Waals surface area contributed by atoms with Gasteiger partial charge in [0.2, 0.25) is 0 Å². The number of phenolic OH excluding ortho intramolecular Hbond substituents is 2. The molecule has 1 aliphatic rings. The summed E-state index contributed by atoms with van der Waals surface area (Å²) in [5, 5.41) is 32.1. The van der Waals surface area contributed by atoms with Gasteiger partial charge in [-0.1, -0.05) is 65.5 Å². The third-order valence-corrected chi connectivity index (χ3v) is 7.55. The highest BCUT2D eigenvalue weighted by Crippen LogP contribution is 2.50. The van der Waals surface area contributed by atoms with Gasteiger partial charge in [0.1, 0.15) is 11.5 Å². The van der Waals surface area contributed by atoms with Crippen LogP contribution in [0.1, 0.15) is 113 Å². The topological polar surface area (TPSA) is 104 Å². The van der Waals surface area contributed by atoms with Gasteiger partial charge < -0.3 is 20.1 Å². The van der Waals surface area contributed by atoms with Crippen molar-refractivity contribution in [2.24, 2.45) is 0 Å². The zero-order valence-electron chi connectivity index (χ0n) is 23.3. The molecule has 4 rings (SSSR count). The quantitative estimate of drug-likeness (QED) is 0.229. The fourth-order valence-electron chi connectivity index (χ4n) is 5.85. The van der Waals surface area contributed by atoms with E-state index in [1.54, 1.807) is 12.1 Å². The number of carboxylic acids is 1. The summed E-state index contributed by atoms with van der Waals surface area (Å²) < 4.78 is 6.33. The van der Waals surface area contributed by atoms with Crippen LogP contribution in [0.4, 0.5) is 0 Å². The number of ether oxygens (including phenoxy) is 1. The predicted octanol–water partition coefficient (Wildman–Crippen LogP) is 7.07. The Morgan fingerprint density at radius 2 is 1.15 bits per heavy atom. The summed E-state index contributed by atoms with van der Waals surface area (Å²) >= 11 is 0. The molecule has 0 fully saturated rings. The average Bonchev–Trinajstić information content (AvgIpc) is 3.22. The zero-order chi connectivity index (χ0) is 28.3. The van der Waals surface area contributed by atoms with E-state index >= 15 is 0 Å². The highest BCUT2D eigenvalue weighted by molar-refractivity contribution is 6.06. The van der Waals surface area contributed by atoms with Gasteiger partial charge in [0.25, 0.3) is 0 Å². The predicted molar refractivity (Wildman–Crippen MR) is 151 cm³/mol. The number of benzene rings is 3. The van der Waals surface area contributed by atoms with Gasteiger partial charge in [-0.3, -0.25) is 0 Å². The van der Waals surface area contributed by atoms with E-state index in [2.05, 4.69) is 0 Å². The van der Waals surface area contributed by atoms with Crippen LogP contribution in [-0.4, -0.2) is 27.3 Å². The highest BCUT2D eigenvalue weighted by Gasteiger charge is 2.51. The molecule has 39 heavy (non-hydrogen) atoms. The van der Waals surface area contributed by atoms with Crippen LogP contribution in [0.25, 0.3) is 0 Å². The molecule has 0 bridgehead atoms. The Hall–Kier alpha value is -3.80. The molecule has 3 aromatic carbocycles. The minimum atomic E-state index is -1.44. The van der Waals surface area contributed by atoms with Gasteiger partial charge in [0.15, 0.2) is 5.60 Å². The number of rotatable bonds is 11. The van der Waals surface area contributed by atoms with Gasteiger partial charge in [0.05, 0.1) is 11.1 Å². The highest BCUT2D eigenvalue weighted by atomic mass is 16.6. The van der Waals surface area contributed by atoms with Crippen LogP contribution in [0.2, 0.25) is 0 Å². The Labute approximate surface area is 230 Å². The van der Waals surface area contributed by atoms with Crippen molar-refractivity contribution in [2.45, 2.75) is 84.7 Å². The summed E-state index contributed by atoms with van der Waals surface area (Å²) in [4.78, 5) is 25.7. The molecule has 0 unspecified atom stereocenters. The standard InChI is InChI=1S/C33H38O6/c1-5-10-20-16-24(17-21(11-6-2)29(20)34)33(25-18-22(12-7-3)30(35)23(19-25)13-8-4)27-15-9-14-26(31(36)37)28(27)32(38)39-33/h9,14-19,34-35H,5-8,10-13H2,1-4H3,(H,36,37). The van der Waals surface area contributed by atoms with Crippen LogP contribution < -0.4 is 0 Å². The van der Waals surface area contributed by atoms with Crippen LogP contribution in [0.15, 0.2) is 42.5 Å². The maximum absolute atomic E-state index is 13.5. The number of hydrogen-bond donors (Lipinski definition) is 3. The van der Waals surface area contributed by atoms with Crippen molar-refractivity contribution in [1.82, 2.24) is 0 Å². The number of esters is 1. The van der Waals surface area contributed by atoms with Gasteiger partial charge in [-0.2, -0.15) is 0 Å². The van der Waals surface area contributed by atoms with E-state index in [1.807, 2.05) is 52.0 Å². The summed E-state index contributed by atoms with van der Waals surface area (Å²) in [6.45, 7) is 8.16. The van der Waals surface area contributed by atoms with E-state index in [1.165, 1.54) is 6.07 Å². The van der Waals surface area contributed by atoms with Crippen molar-refractivity contribution in [3.8, 4) is 11.5 Å². The molecule has 0 amide bonds. The summed E-state index contributed by atoms with van der Waals surface area (Å²) in [5.74, 6) is -1.39. The second-order valence-corrected chi connectivity index (χ2v) is 10.4. The fourth-order valence-corrected chi connectivity index (χ4v) is 5.85. The first-order valence-electron chi connectivity index (χ1n) is 14.0. The minimum absolute atomic E-state index is 0.0364. The number of carboxylic acid groups (broad SMARTS) is 1. The van der Waals surface area contributed by atoms with Crippen LogP contribution in [0.3, 0.4) is 0 Å². The number of aryl methyl sites for hydroxylation is 4. The Morgan fingerprint density at radius 3 is 1.51 bits per heavy atom. The molecule has 0 radical (unpaired) electrons. The maximum Gasteiger partial charge on any atom is 0.341 e. The van der Waals surface area contributed by atoms with E-state index in [0.29, 0.717) is 42.4 Å². The molecular weight excluding hydrogens is 492 g/mol. The Bertz CT molecular complexity index is 1280. The first-order valence-corrected chi connectivity index (χ1v) is 14.0. The number of aromatic carboxylic acids is 1. The van der Waals surface area contributed by atoms with E-state index in [0.717, 1.165) is 47.9 Å². The summed E-state index contributed by atoms with van der Waals surface area (Å²) in [6, 6.07) is 12.4. The molecule has 1 heterocycles. The lowest BCUT2D eigenvalue weighted by molar-refractivity contribution is 0.0248. The van der Waals surface area contributed by atoms with Gasteiger partial charge in [-0.05, 0) is 78.3 Å². The van der Waals surface area contributed by atoms with Gasteiger partial charge in [-0.15, -0.1) is 0 Å². The smallest absolute Gasteiger partial charge is 0.341 e. The molecule has 3 aromatic rings. The first kappa shape index (κ1) is 28.2. The summed E-state index contributed by atoms with van der Waals surface area (Å²) in [5.41, 5.74) is 3.33. The summed E-state index contributed by atoms with van der Waals surface area (Å²) in [7, 11) is 0. The SMILES string of the molecule is CCCc1cc(C2(c3cc(CCC)c(O)c(CCC)c3)OC(=O)c3c(C(=O)O)cccc32)cc(CCC)c1O. The van der Waals surface area contributed by atoms with Crippen molar-refractivity contribution in [2.75, 3.05) is 0 Å². The van der Waals surface area contributed by atoms with E-state index in [-0.39, 0.29) is 22.6 Å². The van der Waals surface area contributed by atoms with Gasteiger partial charge >= 0.3 is 11.9 Å². The molecule has 0 aromatic heterocycles. The Balaban J connectivity index is 2.15. The largest absolute Gasteiger partial charge is 0.507 e. The second kappa shape index (κ2) is 11.5. The Morgan fingerprint density at radius 1 is 0.744 bits per heavy atom.